The van der Waals surface area contributed by atoms with E-state index in [-0.39, 0.29) is 12.3 Å². The molecular weight excluding hydrogens is 450 g/mol. The molecule has 0 aliphatic rings. The number of amides is 1. The molecule has 0 atom stereocenters. The Hall–Kier alpha value is -3.62. The van der Waals surface area contributed by atoms with Gasteiger partial charge in [-0.1, -0.05) is 6.07 Å². The third-order valence-electron chi connectivity index (χ3n) is 5.00. The van der Waals surface area contributed by atoms with Crippen LogP contribution in [0.25, 0.3) is 20.8 Å². The molecule has 3 heterocycles. The number of pyridine rings is 1. The molecule has 0 aliphatic heterocycles. The monoisotopic (exact) mass is 471 g/mol. The number of fused-ring (bicyclic) bond motifs is 1. The number of benzene rings is 2. The predicted molar refractivity (Wildman–Crippen MR) is 136 cm³/mol. The molecule has 0 saturated heterocycles. The molecule has 33 heavy (non-hydrogen) atoms. The van der Waals surface area contributed by atoms with Crippen molar-refractivity contribution < 1.29 is 4.79 Å². The molecule has 1 amide bonds. The molecule has 2 aromatic carbocycles. The number of hydrogen-bond acceptors (Lipinski definition) is 7. The Morgan fingerprint density at radius 3 is 2.61 bits per heavy atom. The minimum atomic E-state index is -0.108. The molecular formula is C25H21N5OS2. The van der Waals surface area contributed by atoms with Crippen LogP contribution in [-0.4, -0.2) is 20.9 Å². The number of nitrogens with zero attached hydrogens (tertiary/aromatic N) is 3. The average Bonchev–Trinajstić information content (AvgIpc) is 3.40. The van der Waals surface area contributed by atoms with Gasteiger partial charge in [0.15, 0.2) is 5.13 Å². The van der Waals surface area contributed by atoms with Crippen molar-refractivity contribution in [2.75, 3.05) is 10.6 Å². The maximum absolute atomic E-state index is 12.5. The highest BCUT2D eigenvalue weighted by Crippen LogP contribution is 2.31. The maximum atomic E-state index is 12.5. The van der Waals surface area contributed by atoms with E-state index in [9.17, 15) is 4.79 Å². The van der Waals surface area contributed by atoms with Gasteiger partial charge in [-0.15, -0.1) is 22.7 Å². The first-order chi connectivity index (χ1) is 16.0. The summed E-state index contributed by atoms with van der Waals surface area (Å²) in [5.41, 5.74) is 5.85. The number of carbonyl (C=O) groups excluding carboxylic acids is 1. The Balaban J connectivity index is 1.21. The van der Waals surface area contributed by atoms with E-state index >= 15 is 0 Å². The second-order valence-corrected chi connectivity index (χ2v) is 9.67. The van der Waals surface area contributed by atoms with Crippen LogP contribution in [0.1, 0.15) is 16.8 Å². The fourth-order valence-electron chi connectivity index (χ4n) is 3.38. The van der Waals surface area contributed by atoms with Crippen LogP contribution in [0, 0.1) is 13.8 Å². The van der Waals surface area contributed by atoms with Crippen molar-refractivity contribution in [3.8, 4) is 10.6 Å². The standard InChI is InChI=1S/C25H21N5OS2/c1-15-3-8-20-21(11-15)33-24(29-20)17-4-6-18(7-5-17)27-23(31)13-19-14-32-25(28-19)30-22-12-16(2)9-10-26-22/h3-12,14H,13H2,1-2H3,(H,27,31)(H,26,28,30). The molecule has 5 aromatic rings. The second kappa shape index (κ2) is 9.09. The number of aromatic nitrogens is 3. The van der Waals surface area contributed by atoms with Crippen molar-refractivity contribution in [3.63, 3.8) is 0 Å². The Labute approximate surface area is 199 Å². The first kappa shape index (κ1) is 21.2. The van der Waals surface area contributed by atoms with Gasteiger partial charge in [-0.3, -0.25) is 4.79 Å². The predicted octanol–water partition coefficient (Wildman–Crippen LogP) is 6.36. The zero-order valence-electron chi connectivity index (χ0n) is 18.1. The fourth-order valence-corrected chi connectivity index (χ4v) is 5.17. The van der Waals surface area contributed by atoms with Gasteiger partial charge in [0.1, 0.15) is 10.8 Å². The smallest absolute Gasteiger partial charge is 0.230 e. The Kier molecular flexibility index (Phi) is 5.85. The van der Waals surface area contributed by atoms with Gasteiger partial charge in [0, 0.05) is 22.8 Å². The lowest BCUT2D eigenvalue weighted by atomic mass is 10.2. The molecule has 0 bridgehead atoms. The summed E-state index contributed by atoms with van der Waals surface area (Å²) < 4.78 is 1.18. The quantitative estimate of drug-likeness (QED) is 0.301. The van der Waals surface area contributed by atoms with E-state index in [0.717, 1.165) is 33.2 Å². The van der Waals surface area contributed by atoms with Crippen LogP contribution in [0.5, 0.6) is 0 Å². The van der Waals surface area contributed by atoms with Crippen LogP contribution in [0.15, 0.2) is 66.2 Å². The van der Waals surface area contributed by atoms with Crippen molar-refractivity contribution in [3.05, 3.63) is 83.0 Å². The van der Waals surface area contributed by atoms with Crippen LogP contribution >= 0.6 is 22.7 Å². The average molecular weight is 472 g/mol. The summed E-state index contributed by atoms with van der Waals surface area (Å²) in [6, 6.07) is 18.0. The van der Waals surface area contributed by atoms with Gasteiger partial charge in [0.2, 0.25) is 5.91 Å². The molecule has 0 saturated carbocycles. The van der Waals surface area contributed by atoms with Crippen molar-refractivity contribution in [2.24, 2.45) is 0 Å². The van der Waals surface area contributed by atoms with E-state index in [1.807, 2.05) is 48.7 Å². The van der Waals surface area contributed by atoms with Crippen LogP contribution in [0.4, 0.5) is 16.6 Å². The third-order valence-corrected chi connectivity index (χ3v) is 6.88. The van der Waals surface area contributed by atoms with E-state index in [0.29, 0.717) is 10.8 Å². The minimum Gasteiger partial charge on any atom is -0.326 e. The first-order valence-corrected chi connectivity index (χ1v) is 12.1. The van der Waals surface area contributed by atoms with Crippen molar-refractivity contribution in [1.29, 1.82) is 0 Å². The van der Waals surface area contributed by atoms with Crippen LogP contribution in [0.2, 0.25) is 0 Å². The summed E-state index contributed by atoms with van der Waals surface area (Å²) in [7, 11) is 0. The van der Waals surface area contributed by atoms with E-state index in [1.54, 1.807) is 17.5 Å². The summed E-state index contributed by atoms with van der Waals surface area (Å²) in [6.45, 7) is 4.09. The highest BCUT2D eigenvalue weighted by atomic mass is 32.1. The minimum absolute atomic E-state index is 0.108. The van der Waals surface area contributed by atoms with Gasteiger partial charge in [-0.25, -0.2) is 15.0 Å². The molecule has 0 radical (unpaired) electrons. The topological polar surface area (TPSA) is 79.8 Å². The molecule has 6 nitrogen and oxygen atoms in total. The Morgan fingerprint density at radius 2 is 1.79 bits per heavy atom. The van der Waals surface area contributed by atoms with Gasteiger partial charge in [-0.2, -0.15) is 0 Å². The zero-order chi connectivity index (χ0) is 22.8. The normalized spacial score (nSPS) is 11.0. The highest BCUT2D eigenvalue weighted by Gasteiger charge is 2.10. The number of carbonyl (C=O) groups is 1. The number of nitrogens with one attached hydrogen (secondary N) is 2. The van der Waals surface area contributed by atoms with E-state index in [1.165, 1.54) is 21.6 Å². The molecule has 0 fully saturated rings. The van der Waals surface area contributed by atoms with Crippen LogP contribution < -0.4 is 10.6 Å². The van der Waals surface area contributed by atoms with Gasteiger partial charge in [0.05, 0.1) is 22.3 Å². The molecule has 3 aromatic heterocycles. The molecule has 5 rings (SSSR count). The lowest BCUT2D eigenvalue weighted by Crippen LogP contribution is -2.14. The first-order valence-electron chi connectivity index (χ1n) is 10.4. The van der Waals surface area contributed by atoms with E-state index < -0.39 is 0 Å². The SMILES string of the molecule is Cc1ccnc(Nc2nc(CC(=O)Nc3ccc(-c4nc5ccc(C)cc5s4)cc3)cs2)c1. The number of anilines is 3. The molecule has 164 valence electrons. The van der Waals surface area contributed by atoms with Crippen molar-refractivity contribution in [1.82, 2.24) is 15.0 Å². The van der Waals surface area contributed by atoms with Gasteiger partial charge >= 0.3 is 0 Å². The number of thiazole rings is 2. The van der Waals surface area contributed by atoms with Crippen molar-refractivity contribution >= 4 is 55.4 Å². The molecule has 0 aliphatic carbocycles. The lowest BCUT2D eigenvalue weighted by molar-refractivity contribution is -0.115. The summed E-state index contributed by atoms with van der Waals surface area (Å²) in [5, 5.41) is 9.70. The van der Waals surface area contributed by atoms with E-state index in [2.05, 4.69) is 45.7 Å². The molecule has 2 N–H and O–H groups in total. The lowest BCUT2D eigenvalue weighted by Gasteiger charge is -2.05. The summed E-state index contributed by atoms with van der Waals surface area (Å²) in [5.74, 6) is 0.632. The highest BCUT2D eigenvalue weighted by molar-refractivity contribution is 7.21. The number of rotatable bonds is 6. The fraction of sp³-hybridized carbons (Fsp3) is 0.120. The van der Waals surface area contributed by atoms with Crippen LogP contribution in [0.3, 0.4) is 0 Å². The molecule has 0 unspecified atom stereocenters. The van der Waals surface area contributed by atoms with E-state index in [4.69, 9.17) is 4.98 Å². The number of hydrogen-bond donors (Lipinski definition) is 2. The van der Waals surface area contributed by atoms with Gasteiger partial charge in [0.25, 0.3) is 0 Å². The largest absolute Gasteiger partial charge is 0.326 e. The second-order valence-electron chi connectivity index (χ2n) is 7.78. The Bertz CT molecular complexity index is 1440. The number of aryl methyl sites for hydroxylation is 2. The summed E-state index contributed by atoms with van der Waals surface area (Å²) in [4.78, 5) is 26.0. The Morgan fingerprint density at radius 1 is 0.970 bits per heavy atom. The van der Waals surface area contributed by atoms with Gasteiger partial charge in [-0.05, 0) is 73.5 Å². The summed E-state index contributed by atoms with van der Waals surface area (Å²) in [6.07, 6.45) is 1.96. The van der Waals surface area contributed by atoms with Crippen LogP contribution in [-0.2, 0) is 11.2 Å². The third kappa shape index (κ3) is 5.08. The van der Waals surface area contributed by atoms with Crippen molar-refractivity contribution in [2.45, 2.75) is 20.3 Å². The summed E-state index contributed by atoms with van der Waals surface area (Å²) >= 11 is 3.13. The molecule has 0 spiro atoms. The molecule has 8 heteroatoms. The maximum Gasteiger partial charge on any atom is 0.230 e. The zero-order valence-corrected chi connectivity index (χ0v) is 19.8. The van der Waals surface area contributed by atoms with Gasteiger partial charge < -0.3 is 10.6 Å².